The van der Waals surface area contributed by atoms with Crippen LogP contribution in [0, 0.1) is 4.78 Å². The fraction of sp³-hybridized carbons (Fsp3) is 0. The SMILES string of the molecule is N.N=[SH-]=O. The number of thiol groups is 1. The lowest BCUT2D eigenvalue weighted by atomic mass is 14.0. The highest BCUT2D eigenvalue weighted by Crippen LogP contribution is 0.996. The predicted octanol–water partition coefficient (Wildman–Crippen LogP) is 0.0712. The number of hydrogen-bond acceptors (Lipinski definition) is 4. The summed E-state index contributed by atoms with van der Waals surface area (Å²) in [6, 6.07) is 0. The first-order chi connectivity index (χ1) is 1.41. The van der Waals surface area contributed by atoms with Crippen molar-refractivity contribution in [3.8, 4) is 0 Å². The monoisotopic (exact) mass is 81.0 g/mol. The fourth-order valence-electron chi connectivity index (χ4n) is 0. The second kappa shape index (κ2) is 12.8. The lowest BCUT2D eigenvalue weighted by Crippen LogP contribution is -1.01. The molecule has 0 saturated carbocycles. The molecule has 0 rings (SSSR count). The fourth-order valence-corrected chi connectivity index (χ4v) is 0. The van der Waals surface area contributed by atoms with E-state index in [-0.39, 0.29) is 6.15 Å². The van der Waals surface area contributed by atoms with Gasteiger partial charge in [-0.3, -0.25) is 0 Å². The van der Waals surface area contributed by atoms with Crippen LogP contribution in [0.5, 0.6) is 0 Å². The summed E-state index contributed by atoms with van der Waals surface area (Å²) in [6.07, 6.45) is 0. The standard InChI is InChI=1S/H2NOS.H3N/c1-3-2;/h1,3H;1H3/q-1;. The first-order valence-electron chi connectivity index (χ1n) is 0.406. The van der Waals surface area contributed by atoms with Gasteiger partial charge in [0.05, 0.1) is 0 Å². The average Bonchev–Trinajstić information content (AvgIpc) is 0.918. The topological polar surface area (TPSA) is 75.9 Å². The highest BCUT2D eigenvalue weighted by Gasteiger charge is 0.687. The van der Waals surface area contributed by atoms with Gasteiger partial charge in [0.25, 0.3) is 0 Å². The molecule has 0 radical (unpaired) electrons. The largest absolute Gasteiger partial charge is 0.448 e. The zero-order valence-electron chi connectivity index (χ0n) is 2.06. The van der Waals surface area contributed by atoms with Crippen molar-refractivity contribution < 1.29 is 4.21 Å². The predicted molar refractivity (Wildman–Crippen MR) is 17.2 cm³/mol. The Morgan fingerprint density at radius 1 is 1.75 bits per heavy atom. The quantitative estimate of drug-likeness (QED) is 0.320. The van der Waals surface area contributed by atoms with Crippen LogP contribution in [0.25, 0.3) is 0 Å². The summed E-state index contributed by atoms with van der Waals surface area (Å²) >= 11 is -0.583. The molecule has 0 aromatic heterocycles. The van der Waals surface area contributed by atoms with Gasteiger partial charge in [-0.15, -0.1) is 0 Å². The Bertz CT molecular complexity index is 27.0. The van der Waals surface area contributed by atoms with Crippen molar-refractivity contribution in [3.05, 3.63) is 0 Å². The molecule has 0 amide bonds. The Morgan fingerprint density at radius 3 is 1.75 bits per heavy atom. The lowest BCUT2D eigenvalue weighted by Gasteiger charge is -1.33. The van der Waals surface area contributed by atoms with Crippen LogP contribution in [0.15, 0.2) is 0 Å². The van der Waals surface area contributed by atoms with E-state index < -0.39 is 11.5 Å². The van der Waals surface area contributed by atoms with E-state index in [0.717, 1.165) is 0 Å². The molecule has 0 aliphatic rings. The molecule has 0 atom stereocenters. The number of rotatable bonds is 0. The number of hydrogen-bond donors (Lipinski definition) is 2. The third kappa shape index (κ3) is 195. The molecule has 0 aromatic carbocycles. The van der Waals surface area contributed by atoms with Crippen molar-refractivity contribution in [2.45, 2.75) is 0 Å². The molecular formula is H5N2OS-. The molecule has 0 bridgehead atoms. The van der Waals surface area contributed by atoms with E-state index in [1.165, 1.54) is 0 Å². The van der Waals surface area contributed by atoms with E-state index >= 15 is 0 Å². The van der Waals surface area contributed by atoms with Crippen LogP contribution in [0.1, 0.15) is 0 Å². The third-order valence-corrected chi connectivity index (χ3v) is 0. The van der Waals surface area contributed by atoms with E-state index in [4.69, 9.17) is 8.99 Å². The second-order valence-electron chi connectivity index (χ2n) is 0.0913. The molecule has 4 N–H and O–H groups in total. The third-order valence-electron chi connectivity index (χ3n) is 0. The van der Waals surface area contributed by atoms with Gasteiger partial charge in [-0.25, -0.2) is 11.5 Å². The highest BCUT2D eigenvalue weighted by atomic mass is 32.1. The minimum absolute atomic E-state index is 0. The Hall–Kier alpha value is -0.0900. The first-order valence-corrected chi connectivity index (χ1v) is 1.22. The van der Waals surface area contributed by atoms with E-state index in [1.54, 1.807) is 0 Å². The Kier molecular flexibility index (Phi) is 29.1. The van der Waals surface area contributed by atoms with Gasteiger partial charge < -0.3 is 15.1 Å². The molecule has 4 heavy (non-hydrogen) atoms. The van der Waals surface area contributed by atoms with E-state index in [2.05, 4.69) is 0 Å². The van der Waals surface area contributed by atoms with Gasteiger partial charge in [0.15, 0.2) is 0 Å². The first kappa shape index (κ1) is 9.08. The highest BCUT2D eigenvalue weighted by molar-refractivity contribution is 7.52. The van der Waals surface area contributed by atoms with Crippen LogP contribution in [0.4, 0.5) is 0 Å². The van der Waals surface area contributed by atoms with Crippen LogP contribution < -0.4 is 6.15 Å². The molecule has 0 unspecified atom stereocenters. The smallest absolute Gasteiger partial charge is 0.207 e. The molecule has 0 aliphatic heterocycles. The summed E-state index contributed by atoms with van der Waals surface area (Å²) < 4.78 is 14.2. The van der Waals surface area contributed by atoms with Gasteiger partial charge in [-0.1, -0.05) is 0 Å². The maximum Gasteiger partial charge on any atom is -0.207 e. The normalized spacial score (nSPS) is 4.00. The molecule has 0 aromatic rings. The van der Waals surface area contributed by atoms with Crippen LogP contribution >= 0.6 is 0 Å². The van der Waals surface area contributed by atoms with Crippen molar-refractivity contribution in [1.29, 1.82) is 4.78 Å². The minimum Gasteiger partial charge on any atom is -0.448 e. The molecule has 0 spiro atoms. The Labute approximate surface area is 27.6 Å². The Morgan fingerprint density at radius 2 is 1.75 bits per heavy atom. The van der Waals surface area contributed by atoms with E-state index in [1.807, 2.05) is 0 Å². The van der Waals surface area contributed by atoms with Crippen molar-refractivity contribution in [1.82, 2.24) is 6.15 Å². The van der Waals surface area contributed by atoms with Gasteiger partial charge in [-0.2, -0.15) is 0 Å². The molecule has 4 heteroatoms. The molecule has 0 saturated heterocycles. The van der Waals surface area contributed by atoms with Crippen molar-refractivity contribution >= 4 is 11.5 Å². The van der Waals surface area contributed by atoms with Crippen LogP contribution in [0.3, 0.4) is 0 Å². The maximum atomic E-state index is 8.57. The molecule has 0 fully saturated rings. The maximum absolute atomic E-state index is 8.57. The molecule has 28 valence electrons. The van der Waals surface area contributed by atoms with Crippen LogP contribution in [-0.2, 0) is 15.7 Å². The molecular weight excluding hydrogens is 76.1 g/mol. The molecule has 0 heterocycles. The van der Waals surface area contributed by atoms with E-state index in [0.29, 0.717) is 0 Å². The summed E-state index contributed by atoms with van der Waals surface area (Å²) in [5.41, 5.74) is 0. The van der Waals surface area contributed by atoms with Crippen molar-refractivity contribution in [3.63, 3.8) is 0 Å². The van der Waals surface area contributed by atoms with Gasteiger partial charge >= 0.3 is 0 Å². The summed E-state index contributed by atoms with van der Waals surface area (Å²) in [6.45, 7) is 0. The lowest BCUT2D eigenvalue weighted by molar-refractivity contribution is 0.608. The van der Waals surface area contributed by atoms with Gasteiger partial charge in [0.2, 0.25) is 0 Å². The van der Waals surface area contributed by atoms with Gasteiger partial charge in [0.1, 0.15) is 0 Å². The molecule has 0 aliphatic carbocycles. The van der Waals surface area contributed by atoms with Crippen LogP contribution in [0.2, 0.25) is 0 Å². The van der Waals surface area contributed by atoms with E-state index in [9.17, 15) is 0 Å². The summed E-state index contributed by atoms with van der Waals surface area (Å²) in [5, 5.41) is 0. The average molecular weight is 81.1 g/mol. The Balaban J connectivity index is 0. The number of nitrogens with one attached hydrogen (secondary N) is 1. The zero-order valence-corrected chi connectivity index (χ0v) is 2.96. The van der Waals surface area contributed by atoms with Gasteiger partial charge in [0, 0.05) is 0 Å². The summed E-state index contributed by atoms with van der Waals surface area (Å²) in [4.78, 5) is 0. The van der Waals surface area contributed by atoms with Crippen molar-refractivity contribution in [2.24, 2.45) is 0 Å². The summed E-state index contributed by atoms with van der Waals surface area (Å²) in [7, 11) is 0. The summed E-state index contributed by atoms with van der Waals surface area (Å²) in [5.74, 6) is 0. The zero-order chi connectivity index (χ0) is 2.71. The van der Waals surface area contributed by atoms with Crippen molar-refractivity contribution in [2.75, 3.05) is 0 Å². The minimum atomic E-state index is -0.583. The van der Waals surface area contributed by atoms with Gasteiger partial charge in [-0.05, 0) is 0 Å². The molecule has 3 nitrogen and oxygen atoms in total. The van der Waals surface area contributed by atoms with Crippen LogP contribution in [-0.4, -0.2) is 0 Å². The second-order valence-corrected chi connectivity index (χ2v) is 0.274.